The Morgan fingerprint density at radius 1 is 1.24 bits per heavy atom. The fourth-order valence-corrected chi connectivity index (χ4v) is 3.89. The Hall–Kier alpha value is -1.66. The van der Waals surface area contributed by atoms with E-state index in [0.29, 0.717) is 10.6 Å². The number of nitrogens with two attached hydrogens (primary N) is 1. The number of thiophene rings is 1. The van der Waals surface area contributed by atoms with Crippen molar-refractivity contribution < 1.29 is 9.59 Å². The van der Waals surface area contributed by atoms with E-state index in [9.17, 15) is 9.59 Å². The zero-order valence-electron chi connectivity index (χ0n) is 11.1. The molecule has 0 aliphatic heterocycles. The standard InChI is InChI=1S/C15H13BrN2O2S/c16-11-8-10(12(17)19)13(21-11)18-14(20)15(6-7-15)9-4-2-1-3-5-9/h1-5,8H,6-7H2,(H2,17,19)(H,18,20). The summed E-state index contributed by atoms with van der Waals surface area (Å²) in [5, 5.41) is 3.36. The molecule has 1 fully saturated rings. The molecule has 3 N–H and O–H groups in total. The molecule has 2 amide bonds. The summed E-state index contributed by atoms with van der Waals surface area (Å²) in [7, 11) is 0. The fourth-order valence-electron chi connectivity index (χ4n) is 2.39. The molecule has 1 heterocycles. The normalized spacial score (nSPS) is 15.5. The van der Waals surface area contributed by atoms with E-state index in [4.69, 9.17) is 5.73 Å². The average molecular weight is 365 g/mol. The highest BCUT2D eigenvalue weighted by Crippen LogP contribution is 2.49. The second kappa shape index (κ2) is 5.27. The first-order valence-electron chi connectivity index (χ1n) is 6.49. The average Bonchev–Trinajstić information content (AvgIpc) is 3.19. The highest BCUT2D eigenvalue weighted by molar-refractivity contribution is 9.11. The van der Waals surface area contributed by atoms with Crippen LogP contribution in [0, 0.1) is 0 Å². The third-order valence-corrected chi connectivity index (χ3v) is 5.26. The maximum Gasteiger partial charge on any atom is 0.251 e. The zero-order chi connectivity index (χ0) is 15.0. The van der Waals surface area contributed by atoms with Crippen molar-refractivity contribution in [2.75, 3.05) is 5.32 Å². The van der Waals surface area contributed by atoms with Gasteiger partial charge in [0, 0.05) is 0 Å². The van der Waals surface area contributed by atoms with Crippen molar-refractivity contribution in [3.05, 3.63) is 51.3 Å². The topological polar surface area (TPSA) is 72.2 Å². The number of primary amides is 1. The van der Waals surface area contributed by atoms with Gasteiger partial charge in [-0.3, -0.25) is 9.59 Å². The highest BCUT2D eigenvalue weighted by atomic mass is 79.9. The summed E-state index contributed by atoms with van der Waals surface area (Å²) >= 11 is 4.61. The van der Waals surface area contributed by atoms with Crippen LogP contribution in [0.1, 0.15) is 28.8 Å². The molecule has 1 aliphatic carbocycles. The molecule has 0 saturated heterocycles. The van der Waals surface area contributed by atoms with Crippen molar-refractivity contribution in [2.45, 2.75) is 18.3 Å². The molecule has 0 atom stereocenters. The van der Waals surface area contributed by atoms with Crippen LogP contribution in [0.15, 0.2) is 40.2 Å². The molecule has 1 aromatic carbocycles. The monoisotopic (exact) mass is 364 g/mol. The molecule has 1 saturated carbocycles. The van der Waals surface area contributed by atoms with E-state index in [2.05, 4.69) is 21.2 Å². The summed E-state index contributed by atoms with van der Waals surface area (Å²) in [6.07, 6.45) is 1.64. The molecular formula is C15H13BrN2O2S. The van der Waals surface area contributed by atoms with E-state index < -0.39 is 11.3 Å². The number of halogens is 1. The number of amides is 2. The summed E-state index contributed by atoms with van der Waals surface area (Å²) in [5.41, 5.74) is 6.22. The number of carbonyl (C=O) groups excluding carboxylic acids is 2. The van der Waals surface area contributed by atoms with Crippen LogP contribution in [-0.4, -0.2) is 11.8 Å². The minimum absolute atomic E-state index is 0.0782. The Morgan fingerprint density at radius 3 is 2.48 bits per heavy atom. The van der Waals surface area contributed by atoms with Crippen molar-refractivity contribution in [3.8, 4) is 0 Å². The van der Waals surface area contributed by atoms with Gasteiger partial charge in [-0.05, 0) is 40.4 Å². The van der Waals surface area contributed by atoms with E-state index >= 15 is 0 Å². The summed E-state index contributed by atoms with van der Waals surface area (Å²) in [6, 6.07) is 11.3. The van der Waals surface area contributed by atoms with Crippen LogP contribution in [0.3, 0.4) is 0 Å². The molecule has 1 aromatic heterocycles. The van der Waals surface area contributed by atoms with Crippen LogP contribution < -0.4 is 11.1 Å². The van der Waals surface area contributed by atoms with E-state index in [1.807, 2.05) is 30.3 Å². The molecule has 108 valence electrons. The van der Waals surface area contributed by atoms with Crippen molar-refractivity contribution in [3.63, 3.8) is 0 Å². The van der Waals surface area contributed by atoms with Gasteiger partial charge in [-0.1, -0.05) is 30.3 Å². The summed E-state index contributed by atoms with van der Waals surface area (Å²) in [5.74, 6) is -0.623. The quantitative estimate of drug-likeness (QED) is 0.873. The number of carbonyl (C=O) groups is 2. The summed E-state index contributed by atoms with van der Waals surface area (Å²) in [6.45, 7) is 0. The Bertz CT molecular complexity index is 708. The van der Waals surface area contributed by atoms with Gasteiger partial charge in [0.2, 0.25) is 5.91 Å². The predicted octanol–water partition coefficient (Wildman–Crippen LogP) is 3.28. The van der Waals surface area contributed by atoms with Crippen LogP contribution in [0.25, 0.3) is 0 Å². The SMILES string of the molecule is NC(=O)c1cc(Br)sc1NC(=O)C1(c2ccccc2)CC1. The van der Waals surface area contributed by atoms with Crippen molar-refractivity contribution >= 4 is 44.1 Å². The molecule has 4 nitrogen and oxygen atoms in total. The van der Waals surface area contributed by atoms with Gasteiger partial charge in [-0.25, -0.2) is 0 Å². The van der Waals surface area contributed by atoms with E-state index in [1.54, 1.807) is 6.07 Å². The Balaban J connectivity index is 1.86. The van der Waals surface area contributed by atoms with Gasteiger partial charge in [-0.2, -0.15) is 0 Å². The number of nitrogens with one attached hydrogen (secondary N) is 1. The second-order valence-electron chi connectivity index (χ2n) is 5.06. The molecule has 0 bridgehead atoms. The number of rotatable bonds is 4. The zero-order valence-corrected chi connectivity index (χ0v) is 13.5. The van der Waals surface area contributed by atoms with Crippen molar-refractivity contribution in [1.82, 2.24) is 0 Å². The van der Waals surface area contributed by atoms with E-state index in [-0.39, 0.29) is 5.91 Å². The van der Waals surface area contributed by atoms with Crippen LogP contribution in [0.5, 0.6) is 0 Å². The van der Waals surface area contributed by atoms with E-state index in [0.717, 1.165) is 22.2 Å². The molecule has 1 aliphatic rings. The Morgan fingerprint density at radius 2 is 1.90 bits per heavy atom. The van der Waals surface area contributed by atoms with Crippen LogP contribution >= 0.6 is 27.3 Å². The molecule has 2 aromatic rings. The lowest BCUT2D eigenvalue weighted by molar-refractivity contribution is -0.118. The largest absolute Gasteiger partial charge is 0.366 e. The second-order valence-corrected chi connectivity index (χ2v) is 7.49. The lowest BCUT2D eigenvalue weighted by Gasteiger charge is -2.15. The van der Waals surface area contributed by atoms with Crippen molar-refractivity contribution in [2.24, 2.45) is 5.73 Å². The first-order valence-corrected chi connectivity index (χ1v) is 8.10. The molecule has 0 unspecified atom stereocenters. The van der Waals surface area contributed by atoms with Crippen molar-refractivity contribution in [1.29, 1.82) is 0 Å². The lowest BCUT2D eigenvalue weighted by Crippen LogP contribution is -2.28. The first kappa shape index (κ1) is 14.3. The summed E-state index contributed by atoms with van der Waals surface area (Å²) in [4.78, 5) is 24.0. The van der Waals surface area contributed by atoms with Gasteiger partial charge in [0.05, 0.1) is 14.8 Å². The minimum Gasteiger partial charge on any atom is -0.366 e. The Labute approximate surface area is 134 Å². The maximum absolute atomic E-state index is 12.6. The van der Waals surface area contributed by atoms with Crippen LogP contribution in [0.4, 0.5) is 5.00 Å². The number of benzene rings is 1. The molecule has 6 heteroatoms. The third-order valence-electron chi connectivity index (χ3n) is 3.71. The van der Waals surface area contributed by atoms with Crippen LogP contribution in [-0.2, 0) is 10.2 Å². The Kier molecular flexibility index (Phi) is 3.59. The highest BCUT2D eigenvalue weighted by Gasteiger charge is 2.51. The number of hydrogen-bond donors (Lipinski definition) is 2. The smallest absolute Gasteiger partial charge is 0.251 e. The number of anilines is 1. The van der Waals surface area contributed by atoms with Gasteiger partial charge >= 0.3 is 0 Å². The molecular weight excluding hydrogens is 352 g/mol. The number of hydrogen-bond acceptors (Lipinski definition) is 3. The molecule has 0 spiro atoms. The lowest BCUT2D eigenvalue weighted by atomic mass is 9.95. The molecule has 21 heavy (non-hydrogen) atoms. The maximum atomic E-state index is 12.6. The predicted molar refractivity (Wildman–Crippen MR) is 86.5 cm³/mol. The van der Waals surface area contributed by atoms with Gasteiger partial charge < -0.3 is 11.1 Å². The van der Waals surface area contributed by atoms with Gasteiger partial charge in [0.25, 0.3) is 5.91 Å². The first-order chi connectivity index (χ1) is 10.0. The third kappa shape index (κ3) is 2.61. The fraction of sp³-hybridized carbons (Fsp3) is 0.200. The minimum atomic E-state index is -0.545. The van der Waals surface area contributed by atoms with Gasteiger partial charge in [0.1, 0.15) is 5.00 Å². The summed E-state index contributed by atoms with van der Waals surface area (Å²) < 4.78 is 0.760. The molecule has 3 rings (SSSR count). The van der Waals surface area contributed by atoms with Gasteiger partial charge in [0.15, 0.2) is 0 Å². The van der Waals surface area contributed by atoms with E-state index in [1.165, 1.54) is 11.3 Å². The molecule has 0 radical (unpaired) electrons. The van der Waals surface area contributed by atoms with Crippen LogP contribution in [0.2, 0.25) is 0 Å². The van der Waals surface area contributed by atoms with Gasteiger partial charge in [-0.15, -0.1) is 11.3 Å².